The monoisotopic (exact) mass is 272 g/mol. The van der Waals surface area contributed by atoms with Gasteiger partial charge in [0.2, 0.25) is 0 Å². The predicted octanol–water partition coefficient (Wildman–Crippen LogP) is 2.61. The molecule has 5 nitrogen and oxygen atoms in total. The second-order valence-electron chi connectivity index (χ2n) is 5.00. The molecule has 0 saturated heterocycles. The molecule has 0 spiro atoms. The minimum absolute atomic E-state index is 0.0107. The van der Waals surface area contributed by atoms with Crippen molar-refractivity contribution >= 4 is 5.97 Å². The zero-order valence-electron chi connectivity index (χ0n) is 11.4. The number of hydrogen-bond acceptors (Lipinski definition) is 5. The number of carbonyl (C=O) groups excluding carboxylic acids is 1. The van der Waals surface area contributed by atoms with Crippen LogP contribution in [0.1, 0.15) is 46.0 Å². The van der Waals surface area contributed by atoms with Gasteiger partial charge in [-0.25, -0.2) is 4.79 Å². The number of ether oxygens (including phenoxy) is 1. The molecule has 0 amide bonds. The van der Waals surface area contributed by atoms with Crippen molar-refractivity contribution in [1.29, 1.82) is 0 Å². The number of rotatable bonds is 3. The number of esters is 1. The zero-order valence-corrected chi connectivity index (χ0v) is 11.4. The highest BCUT2D eigenvalue weighted by Gasteiger charge is 2.14. The normalized spacial score (nSPS) is 13.8. The highest BCUT2D eigenvalue weighted by molar-refractivity contribution is 5.89. The highest BCUT2D eigenvalue weighted by atomic mass is 16.6. The van der Waals surface area contributed by atoms with Crippen LogP contribution in [0.5, 0.6) is 0 Å². The smallest absolute Gasteiger partial charge is 0.338 e. The van der Waals surface area contributed by atoms with E-state index in [4.69, 9.17) is 9.26 Å². The molecule has 1 heterocycles. The molecule has 0 radical (unpaired) electrons. The van der Waals surface area contributed by atoms with Crippen LogP contribution in [0.15, 0.2) is 22.7 Å². The fraction of sp³-hybridized carbons (Fsp3) is 0.400. The van der Waals surface area contributed by atoms with Crippen molar-refractivity contribution in [2.45, 2.75) is 39.2 Å². The Morgan fingerprint density at radius 3 is 2.85 bits per heavy atom. The summed E-state index contributed by atoms with van der Waals surface area (Å²) >= 11 is 0. The number of carbonyl (C=O) groups is 1. The molecular formula is C15H16N2O3. The van der Waals surface area contributed by atoms with E-state index in [2.05, 4.69) is 10.1 Å². The van der Waals surface area contributed by atoms with Gasteiger partial charge in [0.05, 0.1) is 5.56 Å². The van der Waals surface area contributed by atoms with Gasteiger partial charge in [-0.2, -0.15) is 4.98 Å². The Labute approximate surface area is 116 Å². The van der Waals surface area contributed by atoms with Crippen LogP contribution in [0.25, 0.3) is 0 Å². The first-order valence-electron chi connectivity index (χ1n) is 6.80. The fourth-order valence-electron chi connectivity index (χ4n) is 2.47. The van der Waals surface area contributed by atoms with Gasteiger partial charge < -0.3 is 9.26 Å². The lowest BCUT2D eigenvalue weighted by atomic mass is 9.90. The number of hydrogen-bond donors (Lipinski definition) is 0. The number of benzene rings is 1. The molecule has 0 unspecified atom stereocenters. The van der Waals surface area contributed by atoms with E-state index >= 15 is 0 Å². The van der Waals surface area contributed by atoms with Crippen LogP contribution in [0.2, 0.25) is 0 Å². The molecule has 1 aliphatic rings. The Hall–Kier alpha value is -2.17. The van der Waals surface area contributed by atoms with Gasteiger partial charge in [0.25, 0.3) is 5.89 Å². The van der Waals surface area contributed by atoms with Gasteiger partial charge in [-0.1, -0.05) is 11.2 Å². The summed E-state index contributed by atoms with van der Waals surface area (Å²) in [7, 11) is 0. The molecular weight excluding hydrogens is 256 g/mol. The van der Waals surface area contributed by atoms with E-state index in [0.717, 1.165) is 12.8 Å². The van der Waals surface area contributed by atoms with E-state index in [9.17, 15) is 4.79 Å². The number of nitrogens with zero attached hydrogens (tertiary/aromatic N) is 2. The Balaban J connectivity index is 1.67. The van der Waals surface area contributed by atoms with Gasteiger partial charge in [-0.15, -0.1) is 0 Å². The van der Waals surface area contributed by atoms with Crippen molar-refractivity contribution in [2.24, 2.45) is 0 Å². The van der Waals surface area contributed by atoms with Crippen molar-refractivity contribution in [3.63, 3.8) is 0 Å². The third-order valence-corrected chi connectivity index (χ3v) is 3.48. The van der Waals surface area contributed by atoms with Crippen molar-refractivity contribution < 1.29 is 14.1 Å². The van der Waals surface area contributed by atoms with Crippen LogP contribution in [0, 0.1) is 6.92 Å². The van der Waals surface area contributed by atoms with E-state index in [1.54, 1.807) is 6.92 Å². The second-order valence-corrected chi connectivity index (χ2v) is 5.00. The van der Waals surface area contributed by atoms with Gasteiger partial charge in [0, 0.05) is 0 Å². The maximum Gasteiger partial charge on any atom is 0.338 e. The lowest BCUT2D eigenvalue weighted by molar-refractivity contribution is 0.0429. The second kappa shape index (κ2) is 5.45. The summed E-state index contributed by atoms with van der Waals surface area (Å²) in [5.74, 6) is 0.493. The van der Waals surface area contributed by atoms with Crippen molar-refractivity contribution in [1.82, 2.24) is 10.1 Å². The van der Waals surface area contributed by atoms with E-state index in [1.165, 1.54) is 24.0 Å². The van der Waals surface area contributed by atoms with Gasteiger partial charge in [-0.05, 0) is 55.9 Å². The van der Waals surface area contributed by atoms with Crippen LogP contribution in [-0.4, -0.2) is 16.1 Å². The lowest BCUT2D eigenvalue weighted by Gasteiger charge is -2.16. The van der Waals surface area contributed by atoms with E-state index in [0.29, 0.717) is 17.3 Å². The van der Waals surface area contributed by atoms with Crippen LogP contribution in [-0.2, 0) is 24.2 Å². The van der Waals surface area contributed by atoms with E-state index in [-0.39, 0.29) is 12.6 Å². The minimum atomic E-state index is -0.353. The van der Waals surface area contributed by atoms with Crippen LogP contribution in [0.3, 0.4) is 0 Å². The summed E-state index contributed by atoms with van der Waals surface area (Å²) in [6, 6.07) is 5.80. The summed E-state index contributed by atoms with van der Waals surface area (Å²) in [5.41, 5.74) is 3.20. The van der Waals surface area contributed by atoms with Crippen molar-refractivity contribution in [3.05, 3.63) is 46.6 Å². The Morgan fingerprint density at radius 2 is 2.10 bits per heavy atom. The standard InChI is InChI=1S/C15H16N2O3/c1-10-16-14(20-17-10)9-19-15(18)13-7-6-11-4-2-3-5-12(11)8-13/h6-8H,2-5,9H2,1H3. The highest BCUT2D eigenvalue weighted by Crippen LogP contribution is 2.22. The molecule has 0 saturated carbocycles. The molecule has 0 N–H and O–H groups in total. The largest absolute Gasteiger partial charge is 0.452 e. The summed E-state index contributed by atoms with van der Waals surface area (Å²) < 4.78 is 10.1. The van der Waals surface area contributed by atoms with Crippen LogP contribution < -0.4 is 0 Å². The molecule has 1 aromatic heterocycles. The average molecular weight is 272 g/mol. The molecule has 104 valence electrons. The molecule has 1 aliphatic carbocycles. The SMILES string of the molecule is Cc1noc(COC(=O)c2ccc3c(c2)CCCC3)n1. The van der Waals surface area contributed by atoms with Gasteiger partial charge in [0.15, 0.2) is 12.4 Å². The molecule has 5 heteroatoms. The molecule has 0 fully saturated rings. The van der Waals surface area contributed by atoms with Gasteiger partial charge in [0.1, 0.15) is 0 Å². The number of aryl methyl sites for hydroxylation is 3. The lowest BCUT2D eigenvalue weighted by Crippen LogP contribution is -2.09. The quantitative estimate of drug-likeness (QED) is 0.803. The van der Waals surface area contributed by atoms with Crippen molar-refractivity contribution in [2.75, 3.05) is 0 Å². The molecule has 0 aliphatic heterocycles. The Bertz CT molecular complexity index is 634. The van der Waals surface area contributed by atoms with E-state index < -0.39 is 0 Å². The zero-order chi connectivity index (χ0) is 13.9. The summed E-state index contributed by atoms with van der Waals surface area (Å²) in [6.45, 7) is 1.73. The van der Waals surface area contributed by atoms with E-state index in [1.807, 2.05) is 18.2 Å². The van der Waals surface area contributed by atoms with Crippen LogP contribution >= 0.6 is 0 Å². The maximum absolute atomic E-state index is 12.0. The molecule has 0 atom stereocenters. The predicted molar refractivity (Wildman–Crippen MR) is 71.2 cm³/mol. The third-order valence-electron chi connectivity index (χ3n) is 3.48. The first kappa shape index (κ1) is 12.8. The Kier molecular flexibility index (Phi) is 3.50. The molecule has 1 aromatic carbocycles. The van der Waals surface area contributed by atoms with Gasteiger partial charge >= 0.3 is 5.97 Å². The summed E-state index contributed by atoms with van der Waals surface area (Å²) in [6.07, 6.45) is 4.56. The Morgan fingerprint density at radius 1 is 1.30 bits per heavy atom. The van der Waals surface area contributed by atoms with Gasteiger partial charge in [-0.3, -0.25) is 0 Å². The first-order valence-corrected chi connectivity index (χ1v) is 6.80. The topological polar surface area (TPSA) is 65.2 Å². The fourth-order valence-corrected chi connectivity index (χ4v) is 2.47. The molecule has 2 aromatic rings. The van der Waals surface area contributed by atoms with Crippen LogP contribution in [0.4, 0.5) is 0 Å². The molecule has 20 heavy (non-hydrogen) atoms. The molecule has 0 bridgehead atoms. The number of aromatic nitrogens is 2. The summed E-state index contributed by atoms with van der Waals surface area (Å²) in [5, 5.41) is 3.65. The first-order chi connectivity index (χ1) is 9.72. The number of fused-ring (bicyclic) bond motifs is 1. The summed E-state index contributed by atoms with van der Waals surface area (Å²) in [4.78, 5) is 16.0. The third kappa shape index (κ3) is 2.71. The maximum atomic E-state index is 12.0. The van der Waals surface area contributed by atoms with Crippen molar-refractivity contribution in [3.8, 4) is 0 Å². The minimum Gasteiger partial charge on any atom is -0.452 e. The molecule has 3 rings (SSSR count). The average Bonchev–Trinajstić information content (AvgIpc) is 2.90.